The molecule has 29 heavy (non-hydrogen) atoms. The average Bonchev–Trinajstić information content (AvgIpc) is 3.13. The maximum absolute atomic E-state index is 12.8. The van der Waals surface area contributed by atoms with Crippen molar-refractivity contribution in [2.24, 2.45) is 5.92 Å². The first-order valence-electron chi connectivity index (χ1n) is 10.5. The number of aliphatic hydroxyl groups is 1. The smallest absolute Gasteiger partial charge is 0.228 e. The largest absolute Gasteiger partial charge is 0.379 e. The maximum Gasteiger partial charge on any atom is 0.228 e. The lowest BCUT2D eigenvalue weighted by molar-refractivity contribution is -0.121. The molecule has 7 nitrogen and oxygen atoms in total. The van der Waals surface area contributed by atoms with Crippen LogP contribution in [0.3, 0.4) is 0 Å². The molecule has 1 amide bonds. The first-order valence-corrected chi connectivity index (χ1v) is 10.8. The van der Waals surface area contributed by atoms with Crippen molar-refractivity contribution in [1.82, 2.24) is 20.1 Å². The summed E-state index contributed by atoms with van der Waals surface area (Å²) in [5.74, 6) is 0.389. The van der Waals surface area contributed by atoms with Crippen LogP contribution in [0, 0.1) is 5.92 Å². The zero-order chi connectivity index (χ0) is 20.4. The second-order valence-electron chi connectivity index (χ2n) is 8.13. The minimum Gasteiger partial charge on any atom is -0.379 e. The predicted octanol–water partition coefficient (Wildman–Crippen LogP) is 3.36. The van der Waals surface area contributed by atoms with Crippen molar-refractivity contribution in [3.8, 4) is 11.1 Å². The van der Waals surface area contributed by atoms with E-state index in [1.165, 1.54) is 5.69 Å². The van der Waals surface area contributed by atoms with E-state index in [1.54, 1.807) is 13.1 Å². The van der Waals surface area contributed by atoms with Gasteiger partial charge in [-0.25, -0.2) is 4.98 Å². The van der Waals surface area contributed by atoms with Gasteiger partial charge in [-0.3, -0.25) is 14.8 Å². The number of pyridine rings is 1. The van der Waals surface area contributed by atoms with E-state index in [0.717, 1.165) is 56.2 Å². The Morgan fingerprint density at radius 2 is 2.14 bits per heavy atom. The van der Waals surface area contributed by atoms with Gasteiger partial charge in [0.05, 0.1) is 11.2 Å². The van der Waals surface area contributed by atoms with Crippen molar-refractivity contribution in [2.45, 2.75) is 70.7 Å². The Labute approximate surface area is 175 Å². The molecule has 0 radical (unpaired) electrons. The van der Waals surface area contributed by atoms with Crippen LogP contribution in [0.25, 0.3) is 11.1 Å². The minimum absolute atomic E-state index is 0.0279. The van der Waals surface area contributed by atoms with Crippen LogP contribution in [0.15, 0.2) is 18.5 Å². The van der Waals surface area contributed by atoms with E-state index in [2.05, 4.69) is 20.7 Å². The Hall–Kier alpha value is -1.96. The second kappa shape index (κ2) is 8.81. The third kappa shape index (κ3) is 4.63. The molecule has 0 spiro atoms. The summed E-state index contributed by atoms with van der Waals surface area (Å²) >= 11 is 6.44. The molecule has 4 rings (SSSR count). The molecule has 0 saturated heterocycles. The first kappa shape index (κ1) is 20.3. The van der Waals surface area contributed by atoms with E-state index < -0.39 is 6.23 Å². The zero-order valence-corrected chi connectivity index (χ0v) is 17.5. The summed E-state index contributed by atoms with van der Waals surface area (Å²) < 4.78 is 2.05. The van der Waals surface area contributed by atoms with Crippen molar-refractivity contribution in [2.75, 3.05) is 5.32 Å². The molecular weight excluding hydrogens is 390 g/mol. The zero-order valence-electron chi connectivity index (χ0n) is 16.7. The van der Waals surface area contributed by atoms with Gasteiger partial charge in [-0.05, 0) is 51.5 Å². The first-order chi connectivity index (χ1) is 14.0. The lowest BCUT2D eigenvalue weighted by Gasteiger charge is -2.30. The van der Waals surface area contributed by atoms with Crippen LogP contribution in [0.5, 0.6) is 0 Å². The highest BCUT2D eigenvalue weighted by Gasteiger charge is 2.28. The van der Waals surface area contributed by atoms with E-state index in [1.807, 2.05) is 16.9 Å². The van der Waals surface area contributed by atoms with E-state index >= 15 is 0 Å². The number of anilines is 1. The summed E-state index contributed by atoms with van der Waals surface area (Å²) in [6, 6.07) is 2.01. The molecule has 1 aliphatic carbocycles. The summed E-state index contributed by atoms with van der Waals surface area (Å²) in [5, 5.41) is 20.7. The molecule has 2 aliphatic rings. The highest BCUT2D eigenvalue weighted by molar-refractivity contribution is 6.33. The van der Waals surface area contributed by atoms with Gasteiger partial charge in [-0.15, -0.1) is 0 Å². The number of hydrogen-bond acceptors (Lipinski definition) is 5. The molecule has 0 aromatic carbocycles. The fraction of sp³-hybridized carbons (Fsp3) is 0.571. The fourth-order valence-electron chi connectivity index (χ4n) is 4.51. The third-order valence-corrected chi connectivity index (χ3v) is 6.20. The summed E-state index contributed by atoms with van der Waals surface area (Å²) in [7, 11) is 0. The summed E-state index contributed by atoms with van der Waals surface area (Å²) in [4.78, 5) is 17.1. The van der Waals surface area contributed by atoms with E-state index in [-0.39, 0.29) is 17.9 Å². The number of rotatable bonds is 5. The van der Waals surface area contributed by atoms with E-state index in [4.69, 9.17) is 11.6 Å². The summed E-state index contributed by atoms with van der Waals surface area (Å²) in [6.45, 7) is 2.64. The van der Waals surface area contributed by atoms with Crippen molar-refractivity contribution in [3.63, 3.8) is 0 Å². The number of carbonyl (C=O) groups is 1. The SMILES string of the molecule is CC(O)N[C@H]1CCC[C@H](C(=O)Nc2cc(-c3cnn4c3CCCC4)c(Cl)cn2)C1. The molecule has 1 saturated carbocycles. The van der Waals surface area contributed by atoms with Crippen LogP contribution in [-0.2, 0) is 17.8 Å². The molecule has 8 heteroatoms. The van der Waals surface area contributed by atoms with Gasteiger partial charge in [0, 0.05) is 41.5 Å². The Kier molecular flexibility index (Phi) is 6.18. The average molecular weight is 418 g/mol. The Balaban J connectivity index is 1.49. The lowest BCUT2D eigenvalue weighted by Crippen LogP contribution is -2.42. The molecule has 1 fully saturated rings. The van der Waals surface area contributed by atoms with Gasteiger partial charge in [0.1, 0.15) is 12.0 Å². The van der Waals surface area contributed by atoms with Crippen molar-refractivity contribution < 1.29 is 9.90 Å². The molecule has 3 atom stereocenters. The van der Waals surface area contributed by atoms with Crippen LogP contribution in [0.2, 0.25) is 5.02 Å². The number of aliphatic hydroxyl groups excluding tert-OH is 1. The van der Waals surface area contributed by atoms with Gasteiger partial charge in [-0.1, -0.05) is 18.0 Å². The monoisotopic (exact) mass is 417 g/mol. The summed E-state index contributed by atoms with van der Waals surface area (Å²) in [6.07, 6.45) is 9.67. The van der Waals surface area contributed by atoms with Gasteiger partial charge in [0.25, 0.3) is 0 Å². The van der Waals surface area contributed by atoms with E-state index in [0.29, 0.717) is 17.3 Å². The summed E-state index contributed by atoms with van der Waals surface area (Å²) in [5.41, 5.74) is 3.07. The molecule has 1 unspecified atom stereocenters. The standard InChI is InChI=1S/C21H28ClN5O2/c1-13(28)25-15-6-4-5-14(9-15)21(29)26-20-10-16(18(22)12-23-20)17-11-24-27-8-3-2-7-19(17)27/h10-15,25,28H,2-9H2,1H3,(H,23,26,29)/t13?,14-,15-/m0/s1. The van der Waals surface area contributed by atoms with Crippen LogP contribution in [0.4, 0.5) is 5.82 Å². The number of hydrogen-bond donors (Lipinski definition) is 3. The van der Waals surface area contributed by atoms with Crippen LogP contribution in [-0.4, -0.2) is 38.0 Å². The highest BCUT2D eigenvalue weighted by atomic mass is 35.5. The lowest BCUT2D eigenvalue weighted by atomic mass is 9.85. The number of carbonyl (C=O) groups excluding carboxylic acids is 1. The van der Waals surface area contributed by atoms with Crippen LogP contribution >= 0.6 is 11.6 Å². The van der Waals surface area contributed by atoms with Gasteiger partial charge in [-0.2, -0.15) is 5.10 Å². The van der Waals surface area contributed by atoms with Gasteiger partial charge in [0.2, 0.25) is 5.91 Å². The van der Waals surface area contributed by atoms with Crippen LogP contribution in [0.1, 0.15) is 51.1 Å². The topological polar surface area (TPSA) is 92.1 Å². The quantitative estimate of drug-likeness (QED) is 0.649. The molecule has 3 N–H and O–H groups in total. The van der Waals surface area contributed by atoms with Gasteiger partial charge < -0.3 is 10.4 Å². The number of fused-ring (bicyclic) bond motifs is 1. The number of amides is 1. The van der Waals surface area contributed by atoms with Gasteiger partial charge in [0.15, 0.2) is 0 Å². The van der Waals surface area contributed by atoms with Crippen LogP contribution < -0.4 is 10.6 Å². The molecule has 2 aromatic heterocycles. The Bertz CT molecular complexity index is 882. The second-order valence-corrected chi connectivity index (χ2v) is 8.53. The maximum atomic E-state index is 12.8. The third-order valence-electron chi connectivity index (χ3n) is 5.90. The highest BCUT2D eigenvalue weighted by Crippen LogP contribution is 2.34. The number of aromatic nitrogens is 3. The van der Waals surface area contributed by atoms with Crippen molar-refractivity contribution in [1.29, 1.82) is 0 Å². The number of nitrogens with one attached hydrogen (secondary N) is 2. The molecule has 156 valence electrons. The Morgan fingerprint density at radius 1 is 1.28 bits per heavy atom. The fourth-order valence-corrected chi connectivity index (χ4v) is 4.71. The van der Waals surface area contributed by atoms with Crippen molar-refractivity contribution >= 4 is 23.3 Å². The number of nitrogens with zero attached hydrogens (tertiary/aromatic N) is 3. The molecule has 0 bridgehead atoms. The number of aryl methyl sites for hydroxylation is 1. The molecular formula is C21H28ClN5O2. The number of halogens is 1. The van der Waals surface area contributed by atoms with E-state index in [9.17, 15) is 9.90 Å². The normalized spacial score (nSPS) is 22.7. The Morgan fingerprint density at radius 3 is 2.97 bits per heavy atom. The molecule has 1 aliphatic heterocycles. The molecule has 3 heterocycles. The molecule has 2 aromatic rings. The van der Waals surface area contributed by atoms with Crippen molar-refractivity contribution in [3.05, 3.63) is 29.2 Å². The minimum atomic E-state index is -0.566. The van der Waals surface area contributed by atoms with Gasteiger partial charge >= 0.3 is 0 Å². The predicted molar refractivity (Wildman–Crippen MR) is 113 cm³/mol.